The zero-order valence-corrected chi connectivity index (χ0v) is 18.9. The standard InChI is InChI=1S/C24H30F2N2O2S/c1-24(2,14-3-17-30-21-8-4-18(25)5-9-21)23(29)27-20-12-15-28(16-13-20)31-22-10-6-19(26)7-11-22/h4-11,20H,3,12-17H2,1-2H3,(H,27,29). The summed E-state index contributed by atoms with van der Waals surface area (Å²) in [6.07, 6.45) is 3.23. The lowest BCUT2D eigenvalue weighted by Gasteiger charge is -2.33. The summed E-state index contributed by atoms with van der Waals surface area (Å²) in [6.45, 7) is 6.15. The summed E-state index contributed by atoms with van der Waals surface area (Å²) < 4.78 is 33.9. The normalized spacial score (nSPS) is 15.6. The molecule has 3 rings (SSSR count). The molecule has 2 aromatic rings. The van der Waals surface area contributed by atoms with Gasteiger partial charge in [-0.2, -0.15) is 0 Å². The highest BCUT2D eigenvalue weighted by Gasteiger charge is 2.30. The molecule has 1 aliphatic rings. The van der Waals surface area contributed by atoms with Gasteiger partial charge in [0.05, 0.1) is 6.61 Å². The highest BCUT2D eigenvalue weighted by molar-refractivity contribution is 7.97. The third-order valence-corrected chi connectivity index (χ3v) is 6.59. The van der Waals surface area contributed by atoms with Crippen molar-refractivity contribution in [2.24, 2.45) is 5.41 Å². The van der Waals surface area contributed by atoms with Gasteiger partial charge in [0.1, 0.15) is 17.4 Å². The zero-order chi connectivity index (χ0) is 22.3. The van der Waals surface area contributed by atoms with Crippen molar-refractivity contribution in [2.75, 3.05) is 19.7 Å². The van der Waals surface area contributed by atoms with E-state index in [1.807, 2.05) is 13.8 Å². The average molecular weight is 449 g/mol. The van der Waals surface area contributed by atoms with E-state index in [2.05, 4.69) is 9.62 Å². The smallest absolute Gasteiger partial charge is 0.225 e. The van der Waals surface area contributed by atoms with Crippen LogP contribution in [0.4, 0.5) is 8.78 Å². The number of hydrogen-bond acceptors (Lipinski definition) is 4. The Morgan fingerprint density at radius 2 is 1.65 bits per heavy atom. The summed E-state index contributed by atoms with van der Waals surface area (Å²) in [6, 6.07) is 12.7. The molecule has 31 heavy (non-hydrogen) atoms. The lowest BCUT2D eigenvalue weighted by molar-refractivity contribution is -0.130. The highest BCUT2D eigenvalue weighted by Crippen LogP contribution is 2.28. The van der Waals surface area contributed by atoms with Crippen molar-refractivity contribution in [3.05, 3.63) is 60.2 Å². The third-order valence-electron chi connectivity index (χ3n) is 5.48. The summed E-state index contributed by atoms with van der Waals surface area (Å²) in [5.41, 5.74) is -0.480. The molecule has 1 aliphatic heterocycles. The first kappa shape index (κ1) is 23.5. The van der Waals surface area contributed by atoms with Gasteiger partial charge >= 0.3 is 0 Å². The van der Waals surface area contributed by atoms with Gasteiger partial charge in [0, 0.05) is 29.4 Å². The SMILES string of the molecule is CC(C)(CCCOc1ccc(F)cc1)C(=O)NC1CCN(Sc2ccc(F)cc2)CC1. The Bertz CT molecular complexity index is 836. The summed E-state index contributed by atoms with van der Waals surface area (Å²) >= 11 is 1.63. The Morgan fingerprint density at radius 1 is 1.06 bits per heavy atom. The minimum atomic E-state index is -0.480. The van der Waals surface area contributed by atoms with Gasteiger partial charge in [-0.15, -0.1) is 0 Å². The monoisotopic (exact) mass is 448 g/mol. The molecule has 0 aromatic heterocycles. The second-order valence-corrected chi connectivity index (χ2v) is 9.68. The van der Waals surface area contributed by atoms with Crippen LogP contribution in [0.25, 0.3) is 0 Å². The Balaban J connectivity index is 1.35. The van der Waals surface area contributed by atoms with E-state index in [4.69, 9.17) is 4.74 Å². The molecule has 1 saturated heterocycles. The van der Waals surface area contributed by atoms with E-state index < -0.39 is 5.41 Å². The van der Waals surface area contributed by atoms with E-state index in [1.54, 1.807) is 36.2 Å². The van der Waals surface area contributed by atoms with Crippen LogP contribution in [0.15, 0.2) is 53.4 Å². The Morgan fingerprint density at radius 3 is 2.26 bits per heavy atom. The first-order chi connectivity index (χ1) is 14.8. The minimum absolute atomic E-state index is 0.0684. The Labute approximate surface area is 187 Å². The van der Waals surface area contributed by atoms with E-state index in [0.717, 1.165) is 37.2 Å². The fraction of sp³-hybridized carbons (Fsp3) is 0.458. The molecule has 2 aromatic carbocycles. The van der Waals surface area contributed by atoms with E-state index >= 15 is 0 Å². The number of ether oxygens (including phenoxy) is 1. The molecule has 0 unspecified atom stereocenters. The second kappa shape index (κ2) is 11.0. The fourth-order valence-electron chi connectivity index (χ4n) is 3.47. The van der Waals surface area contributed by atoms with Crippen molar-refractivity contribution in [3.63, 3.8) is 0 Å². The predicted octanol–water partition coefficient (Wildman–Crippen LogP) is 5.44. The molecule has 0 aliphatic carbocycles. The molecule has 7 heteroatoms. The van der Waals surface area contributed by atoms with Gasteiger partial charge in [-0.25, -0.2) is 13.1 Å². The van der Waals surface area contributed by atoms with E-state index in [0.29, 0.717) is 18.8 Å². The number of benzene rings is 2. The van der Waals surface area contributed by atoms with Gasteiger partial charge < -0.3 is 10.1 Å². The number of nitrogens with one attached hydrogen (secondary N) is 1. The van der Waals surface area contributed by atoms with Crippen molar-refractivity contribution in [3.8, 4) is 5.75 Å². The molecule has 1 fully saturated rings. The van der Waals surface area contributed by atoms with Gasteiger partial charge in [0.15, 0.2) is 0 Å². The van der Waals surface area contributed by atoms with Crippen molar-refractivity contribution < 1.29 is 18.3 Å². The summed E-state index contributed by atoms with van der Waals surface area (Å²) in [5, 5.41) is 3.21. The number of carbonyl (C=O) groups excluding carboxylic acids is 1. The van der Waals surface area contributed by atoms with Crippen LogP contribution >= 0.6 is 11.9 Å². The van der Waals surface area contributed by atoms with Crippen molar-refractivity contribution in [1.82, 2.24) is 9.62 Å². The molecule has 1 heterocycles. The topological polar surface area (TPSA) is 41.6 Å². The first-order valence-corrected chi connectivity index (χ1v) is 11.5. The maximum Gasteiger partial charge on any atom is 0.225 e. The van der Waals surface area contributed by atoms with Crippen LogP contribution in [0.2, 0.25) is 0 Å². The molecule has 1 amide bonds. The van der Waals surface area contributed by atoms with Gasteiger partial charge in [-0.05, 0) is 86.2 Å². The lowest BCUT2D eigenvalue weighted by Crippen LogP contribution is -2.47. The number of hydrogen-bond donors (Lipinski definition) is 1. The number of piperidine rings is 1. The average Bonchev–Trinajstić information content (AvgIpc) is 2.75. The van der Waals surface area contributed by atoms with Crippen LogP contribution in [0.5, 0.6) is 5.75 Å². The maximum atomic E-state index is 13.0. The van der Waals surface area contributed by atoms with Crippen molar-refractivity contribution >= 4 is 17.9 Å². The molecule has 168 valence electrons. The Kier molecular flexibility index (Phi) is 8.32. The van der Waals surface area contributed by atoms with E-state index in [9.17, 15) is 13.6 Å². The lowest BCUT2D eigenvalue weighted by atomic mass is 9.86. The molecular formula is C24H30F2N2O2S. The number of amides is 1. The zero-order valence-electron chi connectivity index (χ0n) is 18.1. The van der Waals surface area contributed by atoms with Crippen LogP contribution in [-0.2, 0) is 4.79 Å². The summed E-state index contributed by atoms with van der Waals surface area (Å²) in [4.78, 5) is 13.8. The van der Waals surface area contributed by atoms with E-state index in [-0.39, 0.29) is 23.6 Å². The maximum absolute atomic E-state index is 13.0. The molecule has 0 radical (unpaired) electrons. The second-order valence-electron chi connectivity index (χ2n) is 8.51. The fourth-order valence-corrected chi connectivity index (χ4v) is 4.41. The number of nitrogens with zero attached hydrogens (tertiary/aromatic N) is 1. The largest absolute Gasteiger partial charge is 0.494 e. The van der Waals surface area contributed by atoms with Crippen LogP contribution in [0, 0.1) is 17.0 Å². The van der Waals surface area contributed by atoms with Crippen molar-refractivity contribution in [1.29, 1.82) is 0 Å². The highest BCUT2D eigenvalue weighted by atomic mass is 32.2. The first-order valence-electron chi connectivity index (χ1n) is 10.7. The molecule has 0 saturated carbocycles. The summed E-state index contributed by atoms with van der Waals surface area (Å²) in [7, 11) is 0. The molecule has 0 bridgehead atoms. The summed E-state index contributed by atoms with van der Waals surface area (Å²) in [5.74, 6) is 0.188. The van der Waals surface area contributed by atoms with Crippen molar-refractivity contribution in [2.45, 2.75) is 50.5 Å². The minimum Gasteiger partial charge on any atom is -0.494 e. The van der Waals surface area contributed by atoms with Gasteiger partial charge in [0.2, 0.25) is 5.91 Å². The molecule has 0 spiro atoms. The van der Waals surface area contributed by atoms with Gasteiger partial charge in [-0.3, -0.25) is 4.79 Å². The van der Waals surface area contributed by atoms with Crippen LogP contribution in [0.3, 0.4) is 0 Å². The van der Waals surface area contributed by atoms with E-state index in [1.165, 1.54) is 24.3 Å². The third kappa shape index (κ3) is 7.51. The Hall–Kier alpha value is -2.12. The van der Waals surface area contributed by atoms with Gasteiger partial charge in [0.25, 0.3) is 0 Å². The number of rotatable bonds is 9. The molecule has 4 nitrogen and oxygen atoms in total. The van der Waals surface area contributed by atoms with Crippen LogP contribution in [-0.4, -0.2) is 36.0 Å². The predicted molar refractivity (Wildman–Crippen MR) is 120 cm³/mol. The number of halogens is 2. The molecule has 0 atom stereocenters. The molecule has 1 N–H and O–H groups in total. The molecular weight excluding hydrogens is 418 g/mol. The van der Waals surface area contributed by atoms with Gasteiger partial charge in [-0.1, -0.05) is 13.8 Å². The number of carbonyl (C=O) groups is 1. The quantitative estimate of drug-likeness (QED) is 0.410. The van der Waals surface area contributed by atoms with Crippen LogP contribution in [0.1, 0.15) is 39.5 Å². The van der Waals surface area contributed by atoms with Crippen LogP contribution < -0.4 is 10.1 Å².